The van der Waals surface area contributed by atoms with Crippen LogP contribution in [0.25, 0.3) is 0 Å². The highest BCUT2D eigenvalue weighted by Crippen LogP contribution is 2.27. The molecule has 1 N–H and O–H groups in total. The number of rotatable bonds is 3. The van der Waals surface area contributed by atoms with E-state index in [9.17, 15) is 0 Å². The first-order chi connectivity index (χ1) is 10.2. The van der Waals surface area contributed by atoms with Crippen molar-refractivity contribution in [2.75, 3.05) is 13.2 Å². The largest absolute Gasteiger partial charge is 0.354 e. The first-order valence-electron chi connectivity index (χ1n) is 7.12. The van der Waals surface area contributed by atoms with Gasteiger partial charge in [-0.3, -0.25) is 0 Å². The lowest BCUT2D eigenvalue weighted by Crippen LogP contribution is -2.57. The number of benzene rings is 2. The summed E-state index contributed by atoms with van der Waals surface area (Å²) in [6.07, 6.45) is 0. The van der Waals surface area contributed by atoms with Crippen molar-refractivity contribution in [3.63, 3.8) is 0 Å². The van der Waals surface area contributed by atoms with Gasteiger partial charge >= 0.3 is 0 Å². The molecule has 0 amide bonds. The highest BCUT2D eigenvalue weighted by Gasteiger charge is 2.33. The SMILES string of the molecule is CC1(c2ccc(Br)cc2)NN(Cc2ccccc2)CCO1. The minimum Gasteiger partial charge on any atom is -0.354 e. The maximum absolute atomic E-state index is 5.99. The Morgan fingerprint density at radius 2 is 1.86 bits per heavy atom. The Hall–Kier alpha value is -1.20. The van der Waals surface area contributed by atoms with E-state index in [1.807, 2.05) is 18.2 Å². The molecule has 110 valence electrons. The fourth-order valence-corrected chi connectivity index (χ4v) is 2.85. The Bertz CT molecular complexity index is 587. The first kappa shape index (κ1) is 14.7. The van der Waals surface area contributed by atoms with Crippen LogP contribution in [0.2, 0.25) is 0 Å². The number of hydrazine groups is 1. The van der Waals surface area contributed by atoms with E-state index < -0.39 is 5.72 Å². The maximum atomic E-state index is 5.99. The third kappa shape index (κ3) is 3.52. The zero-order valence-corrected chi connectivity index (χ0v) is 13.6. The van der Waals surface area contributed by atoms with Gasteiger partial charge in [0, 0.05) is 17.6 Å². The second-order valence-electron chi connectivity index (χ2n) is 5.41. The molecular weight excluding hydrogens is 328 g/mol. The van der Waals surface area contributed by atoms with Crippen LogP contribution in [0.1, 0.15) is 18.1 Å². The molecule has 4 heteroatoms. The van der Waals surface area contributed by atoms with Gasteiger partial charge in [0.25, 0.3) is 0 Å². The number of ether oxygens (including phenoxy) is 1. The molecule has 2 aromatic carbocycles. The molecule has 1 saturated heterocycles. The maximum Gasteiger partial charge on any atom is 0.154 e. The standard InChI is InChI=1S/C17H19BrN2O/c1-17(15-7-9-16(18)10-8-15)19-20(11-12-21-17)13-14-5-3-2-4-6-14/h2-10,19H,11-13H2,1H3. The smallest absolute Gasteiger partial charge is 0.154 e. The van der Waals surface area contributed by atoms with Crippen molar-refractivity contribution in [2.45, 2.75) is 19.2 Å². The van der Waals surface area contributed by atoms with E-state index in [1.165, 1.54) is 5.56 Å². The fraction of sp³-hybridized carbons (Fsp3) is 0.294. The number of halogens is 1. The lowest BCUT2D eigenvalue weighted by Gasteiger charge is -2.42. The van der Waals surface area contributed by atoms with Crippen LogP contribution in [0.15, 0.2) is 59.1 Å². The number of nitrogens with zero attached hydrogens (tertiary/aromatic N) is 1. The molecule has 1 unspecified atom stereocenters. The summed E-state index contributed by atoms with van der Waals surface area (Å²) < 4.78 is 7.07. The Kier molecular flexibility index (Phi) is 4.40. The quantitative estimate of drug-likeness (QED) is 0.917. The molecule has 3 rings (SSSR count). The molecule has 0 aliphatic carbocycles. The topological polar surface area (TPSA) is 24.5 Å². The molecule has 0 saturated carbocycles. The second-order valence-corrected chi connectivity index (χ2v) is 6.32. The molecule has 0 radical (unpaired) electrons. The Balaban J connectivity index is 1.74. The molecule has 1 aliphatic heterocycles. The van der Waals surface area contributed by atoms with Crippen LogP contribution >= 0.6 is 15.9 Å². The van der Waals surface area contributed by atoms with Gasteiger partial charge in [-0.15, -0.1) is 0 Å². The summed E-state index contributed by atoms with van der Waals surface area (Å²) in [7, 11) is 0. The molecule has 0 spiro atoms. The summed E-state index contributed by atoms with van der Waals surface area (Å²) in [5.74, 6) is 0. The average molecular weight is 347 g/mol. The van der Waals surface area contributed by atoms with Crippen molar-refractivity contribution in [1.29, 1.82) is 0 Å². The minimum atomic E-state index is -0.478. The number of hydrogen-bond acceptors (Lipinski definition) is 3. The molecule has 1 fully saturated rings. The summed E-state index contributed by atoms with van der Waals surface area (Å²) in [5, 5.41) is 2.22. The van der Waals surface area contributed by atoms with Crippen molar-refractivity contribution >= 4 is 15.9 Å². The van der Waals surface area contributed by atoms with E-state index in [4.69, 9.17) is 4.74 Å². The van der Waals surface area contributed by atoms with Crippen LogP contribution in [0.4, 0.5) is 0 Å². The average Bonchev–Trinajstić information content (AvgIpc) is 2.49. The molecule has 3 nitrogen and oxygen atoms in total. The van der Waals surface area contributed by atoms with E-state index in [0.29, 0.717) is 6.61 Å². The van der Waals surface area contributed by atoms with Gasteiger partial charge in [-0.2, -0.15) is 0 Å². The lowest BCUT2D eigenvalue weighted by atomic mass is 10.0. The van der Waals surface area contributed by atoms with Crippen molar-refractivity contribution < 1.29 is 4.74 Å². The van der Waals surface area contributed by atoms with Crippen molar-refractivity contribution in [3.05, 3.63) is 70.2 Å². The van der Waals surface area contributed by atoms with Crippen LogP contribution in [0.3, 0.4) is 0 Å². The van der Waals surface area contributed by atoms with E-state index in [-0.39, 0.29) is 0 Å². The molecule has 21 heavy (non-hydrogen) atoms. The molecule has 1 heterocycles. The summed E-state index contributed by atoms with van der Waals surface area (Å²) in [6, 6.07) is 18.7. The van der Waals surface area contributed by atoms with Crippen LogP contribution in [-0.2, 0) is 17.0 Å². The van der Waals surface area contributed by atoms with E-state index in [1.54, 1.807) is 0 Å². The van der Waals surface area contributed by atoms with Gasteiger partial charge in [-0.1, -0.05) is 58.4 Å². The van der Waals surface area contributed by atoms with Crippen LogP contribution in [-0.4, -0.2) is 18.2 Å². The monoisotopic (exact) mass is 346 g/mol. The second kappa shape index (κ2) is 6.28. The predicted molar refractivity (Wildman–Crippen MR) is 87.4 cm³/mol. The molecule has 1 atom stereocenters. The highest BCUT2D eigenvalue weighted by atomic mass is 79.9. The molecule has 0 bridgehead atoms. The Labute approximate surface area is 134 Å². The van der Waals surface area contributed by atoms with E-state index in [0.717, 1.165) is 23.1 Å². The third-order valence-corrected chi connectivity index (χ3v) is 4.26. The van der Waals surface area contributed by atoms with Gasteiger partial charge in [-0.05, 0) is 30.2 Å². The van der Waals surface area contributed by atoms with Gasteiger partial charge < -0.3 is 4.74 Å². The normalized spacial score (nSPS) is 23.1. The minimum absolute atomic E-state index is 0.478. The zero-order chi connectivity index (χ0) is 14.7. The summed E-state index contributed by atoms with van der Waals surface area (Å²) in [4.78, 5) is 0. The van der Waals surface area contributed by atoms with Crippen molar-refractivity contribution in [2.24, 2.45) is 0 Å². The summed E-state index contributed by atoms with van der Waals surface area (Å²) >= 11 is 3.47. The van der Waals surface area contributed by atoms with Crippen LogP contribution in [0, 0.1) is 0 Å². The van der Waals surface area contributed by atoms with E-state index in [2.05, 4.69) is 69.7 Å². The van der Waals surface area contributed by atoms with Crippen molar-refractivity contribution in [1.82, 2.24) is 10.4 Å². The van der Waals surface area contributed by atoms with Crippen molar-refractivity contribution in [3.8, 4) is 0 Å². The first-order valence-corrected chi connectivity index (χ1v) is 7.92. The van der Waals surface area contributed by atoms with Gasteiger partial charge in [-0.25, -0.2) is 10.4 Å². The molecule has 0 aromatic heterocycles. The zero-order valence-electron chi connectivity index (χ0n) is 12.1. The molecular formula is C17H19BrN2O. The molecule has 1 aliphatic rings. The number of nitrogens with one attached hydrogen (secondary N) is 1. The summed E-state index contributed by atoms with van der Waals surface area (Å²) in [5.41, 5.74) is 5.46. The van der Waals surface area contributed by atoms with Crippen LogP contribution < -0.4 is 5.43 Å². The highest BCUT2D eigenvalue weighted by molar-refractivity contribution is 9.10. The Morgan fingerprint density at radius 1 is 1.14 bits per heavy atom. The van der Waals surface area contributed by atoms with Gasteiger partial charge in [0.2, 0.25) is 0 Å². The van der Waals surface area contributed by atoms with Crippen LogP contribution in [0.5, 0.6) is 0 Å². The predicted octanol–water partition coefficient (Wildman–Crippen LogP) is 3.66. The van der Waals surface area contributed by atoms with Gasteiger partial charge in [0.1, 0.15) is 0 Å². The van der Waals surface area contributed by atoms with E-state index >= 15 is 0 Å². The lowest BCUT2D eigenvalue weighted by molar-refractivity contribution is -0.161. The van der Waals surface area contributed by atoms with Gasteiger partial charge in [0.05, 0.1) is 6.61 Å². The van der Waals surface area contributed by atoms with Gasteiger partial charge in [0.15, 0.2) is 5.72 Å². The molecule has 2 aromatic rings. The summed E-state index contributed by atoms with van der Waals surface area (Å²) in [6.45, 7) is 4.54. The Morgan fingerprint density at radius 3 is 2.57 bits per heavy atom. The fourth-order valence-electron chi connectivity index (χ4n) is 2.59. The number of hydrogen-bond donors (Lipinski definition) is 1. The third-order valence-electron chi connectivity index (χ3n) is 3.73.